The van der Waals surface area contributed by atoms with Crippen LogP contribution in [0.15, 0.2) is 36.5 Å². The molecule has 4 rings (SSSR count). The maximum atomic E-state index is 13.1. The van der Waals surface area contributed by atoms with Crippen molar-refractivity contribution in [2.75, 3.05) is 19.5 Å². The second kappa shape index (κ2) is 9.01. The van der Waals surface area contributed by atoms with Gasteiger partial charge in [0.05, 0.1) is 30.1 Å². The van der Waals surface area contributed by atoms with E-state index in [9.17, 15) is 4.79 Å². The summed E-state index contributed by atoms with van der Waals surface area (Å²) in [4.78, 5) is 23.2. The van der Waals surface area contributed by atoms with E-state index in [4.69, 9.17) is 21.1 Å². The zero-order valence-corrected chi connectivity index (χ0v) is 18.8. The molecule has 1 N–H and O–H groups in total. The Morgan fingerprint density at radius 3 is 2.68 bits per heavy atom. The van der Waals surface area contributed by atoms with E-state index in [-0.39, 0.29) is 12.5 Å². The molecular formula is C21H20ClN5O3S. The number of carbonyl (C=O) groups excluding carboxylic acids is 1. The summed E-state index contributed by atoms with van der Waals surface area (Å²) < 4.78 is 12.3. The fourth-order valence-electron chi connectivity index (χ4n) is 3.20. The fraction of sp³-hybridized carbons (Fsp3) is 0.238. The van der Waals surface area contributed by atoms with Crippen LogP contribution in [0.1, 0.15) is 26.6 Å². The van der Waals surface area contributed by atoms with E-state index < -0.39 is 0 Å². The molecule has 31 heavy (non-hydrogen) atoms. The summed E-state index contributed by atoms with van der Waals surface area (Å²) in [6.07, 6.45) is 1.65. The van der Waals surface area contributed by atoms with Gasteiger partial charge < -0.3 is 14.8 Å². The Morgan fingerprint density at radius 2 is 1.97 bits per heavy atom. The van der Waals surface area contributed by atoms with E-state index in [1.807, 2.05) is 31.2 Å². The number of benzene rings is 1. The van der Waals surface area contributed by atoms with Crippen molar-refractivity contribution in [2.45, 2.75) is 20.1 Å². The van der Waals surface area contributed by atoms with Gasteiger partial charge in [-0.2, -0.15) is 10.1 Å². The number of hydrogen-bond donors (Lipinski definition) is 1. The Morgan fingerprint density at radius 1 is 1.19 bits per heavy atom. The van der Waals surface area contributed by atoms with Gasteiger partial charge in [-0.3, -0.25) is 4.79 Å². The molecule has 8 nitrogen and oxygen atoms in total. The summed E-state index contributed by atoms with van der Waals surface area (Å²) in [6, 6.07) is 9.26. The highest BCUT2D eigenvalue weighted by Gasteiger charge is 2.22. The van der Waals surface area contributed by atoms with Crippen molar-refractivity contribution in [2.24, 2.45) is 0 Å². The molecule has 0 spiro atoms. The summed E-state index contributed by atoms with van der Waals surface area (Å²) in [7, 11) is 3.12. The second-order valence-electron chi connectivity index (χ2n) is 6.77. The van der Waals surface area contributed by atoms with Gasteiger partial charge >= 0.3 is 0 Å². The molecule has 1 amide bonds. The van der Waals surface area contributed by atoms with Crippen LogP contribution in [0.5, 0.6) is 5.88 Å². The number of amides is 1. The molecule has 0 atom stereocenters. The highest BCUT2D eigenvalue weighted by Crippen LogP contribution is 2.35. The first-order valence-corrected chi connectivity index (χ1v) is 10.6. The lowest BCUT2D eigenvalue weighted by molar-refractivity contribution is 0.102. The average Bonchev–Trinajstić information content (AvgIpc) is 3.33. The van der Waals surface area contributed by atoms with Gasteiger partial charge in [0.15, 0.2) is 5.82 Å². The third kappa shape index (κ3) is 4.39. The lowest BCUT2D eigenvalue weighted by atomic mass is 10.2. The molecule has 0 radical (unpaired) electrons. The number of thiophene rings is 1. The number of aryl methyl sites for hydroxylation is 1. The molecule has 3 heterocycles. The molecule has 0 aliphatic heterocycles. The van der Waals surface area contributed by atoms with E-state index in [1.165, 1.54) is 11.3 Å². The SMILES string of the molecule is COCc1nc(OC)c2c(C)c(C(=O)Nc3ccnn3Cc3ccc(Cl)cc3)sc2n1. The standard InChI is InChI=1S/C21H20ClN5O3S/c1-12-17-20(30-3)24-15(11-29-2)25-21(17)31-18(12)19(28)26-16-8-9-23-27(16)10-13-4-6-14(22)7-5-13/h4-9H,10-11H2,1-3H3,(H,26,28). The normalized spacial score (nSPS) is 11.1. The molecule has 0 unspecified atom stereocenters. The van der Waals surface area contributed by atoms with E-state index in [0.29, 0.717) is 38.8 Å². The van der Waals surface area contributed by atoms with Crippen LogP contribution in [0.4, 0.5) is 5.82 Å². The quantitative estimate of drug-likeness (QED) is 0.444. The molecule has 0 saturated carbocycles. The Labute approximate surface area is 187 Å². The minimum Gasteiger partial charge on any atom is -0.480 e. The van der Waals surface area contributed by atoms with Gasteiger partial charge in [0.1, 0.15) is 17.3 Å². The molecule has 4 aromatic rings. The van der Waals surface area contributed by atoms with Crippen molar-refractivity contribution in [3.8, 4) is 5.88 Å². The van der Waals surface area contributed by atoms with Crippen molar-refractivity contribution >= 4 is 44.9 Å². The second-order valence-corrected chi connectivity index (χ2v) is 8.21. The molecule has 10 heteroatoms. The van der Waals surface area contributed by atoms with E-state index >= 15 is 0 Å². The van der Waals surface area contributed by atoms with Crippen LogP contribution < -0.4 is 10.1 Å². The summed E-state index contributed by atoms with van der Waals surface area (Å²) >= 11 is 7.25. The number of nitrogens with one attached hydrogen (secondary N) is 1. The van der Waals surface area contributed by atoms with Gasteiger partial charge in [-0.15, -0.1) is 11.3 Å². The Hall–Kier alpha value is -3.01. The topological polar surface area (TPSA) is 91.2 Å². The van der Waals surface area contributed by atoms with E-state index in [1.54, 1.807) is 31.2 Å². The summed E-state index contributed by atoms with van der Waals surface area (Å²) in [6.45, 7) is 2.63. The number of fused-ring (bicyclic) bond motifs is 1. The van der Waals surface area contributed by atoms with Crippen molar-refractivity contribution in [3.05, 3.63) is 63.4 Å². The highest BCUT2D eigenvalue weighted by molar-refractivity contribution is 7.20. The number of hydrogen-bond acceptors (Lipinski definition) is 7. The molecule has 0 aliphatic rings. The largest absolute Gasteiger partial charge is 0.480 e. The molecule has 1 aromatic carbocycles. The number of methoxy groups -OCH3 is 2. The predicted octanol–water partition coefficient (Wildman–Crippen LogP) is 4.31. The van der Waals surface area contributed by atoms with Gasteiger partial charge in [0.2, 0.25) is 5.88 Å². The Kier molecular flexibility index (Phi) is 6.17. The van der Waals surface area contributed by atoms with Crippen LogP contribution in [0, 0.1) is 6.92 Å². The minimum atomic E-state index is -0.242. The van der Waals surface area contributed by atoms with Crippen molar-refractivity contribution in [1.29, 1.82) is 0 Å². The van der Waals surface area contributed by atoms with Gasteiger partial charge in [0.25, 0.3) is 5.91 Å². The summed E-state index contributed by atoms with van der Waals surface area (Å²) in [5, 5.41) is 8.67. The first-order chi connectivity index (χ1) is 15.0. The zero-order valence-electron chi connectivity index (χ0n) is 17.2. The first-order valence-electron chi connectivity index (χ1n) is 9.40. The number of ether oxygens (including phenoxy) is 2. The minimum absolute atomic E-state index is 0.242. The van der Waals surface area contributed by atoms with Crippen molar-refractivity contribution in [1.82, 2.24) is 19.7 Å². The van der Waals surface area contributed by atoms with Crippen LogP contribution in [0.2, 0.25) is 5.02 Å². The van der Waals surface area contributed by atoms with Crippen LogP contribution in [0.25, 0.3) is 10.2 Å². The maximum Gasteiger partial charge on any atom is 0.267 e. The monoisotopic (exact) mass is 457 g/mol. The Balaban J connectivity index is 1.61. The molecule has 0 saturated heterocycles. The molecule has 3 aromatic heterocycles. The number of nitrogens with zero attached hydrogens (tertiary/aromatic N) is 4. The van der Waals surface area contributed by atoms with Crippen LogP contribution in [0.3, 0.4) is 0 Å². The summed E-state index contributed by atoms with van der Waals surface area (Å²) in [5.74, 6) is 1.28. The van der Waals surface area contributed by atoms with Gasteiger partial charge in [-0.25, -0.2) is 9.67 Å². The zero-order chi connectivity index (χ0) is 22.0. The Bertz CT molecular complexity index is 1240. The lowest BCUT2D eigenvalue weighted by Gasteiger charge is -2.09. The molecule has 160 valence electrons. The molecular weight excluding hydrogens is 438 g/mol. The molecule has 0 bridgehead atoms. The van der Waals surface area contributed by atoms with E-state index in [2.05, 4.69) is 20.4 Å². The number of aromatic nitrogens is 4. The lowest BCUT2D eigenvalue weighted by Crippen LogP contribution is -2.16. The third-order valence-electron chi connectivity index (χ3n) is 4.68. The van der Waals surface area contributed by atoms with Crippen molar-refractivity contribution in [3.63, 3.8) is 0 Å². The van der Waals surface area contributed by atoms with Crippen LogP contribution in [-0.2, 0) is 17.9 Å². The number of halogens is 1. The highest BCUT2D eigenvalue weighted by atomic mass is 35.5. The molecule has 0 aliphatic carbocycles. The predicted molar refractivity (Wildman–Crippen MR) is 120 cm³/mol. The molecule has 0 fully saturated rings. The third-order valence-corrected chi connectivity index (χ3v) is 6.12. The van der Waals surface area contributed by atoms with E-state index in [0.717, 1.165) is 16.5 Å². The smallest absolute Gasteiger partial charge is 0.267 e. The number of carbonyl (C=O) groups is 1. The van der Waals surface area contributed by atoms with Gasteiger partial charge in [-0.05, 0) is 30.2 Å². The van der Waals surface area contributed by atoms with Gasteiger partial charge in [0, 0.05) is 18.2 Å². The number of rotatable bonds is 7. The number of anilines is 1. The van der Waals surface area contributed by atoms with Crippen LogP contribution in [-0.4, -0.2) is 39.9 Å². The first kappa shape index (κ1) is 21.2. The van der Waals surface area contributed by atoms with Crippen molar-refractivity contribution < 1.29 is 14.3 Å². The maximum absolute atomic E-state index is 13.1. The van der Waals surface area contributed by atoms with Gasteiger partial charge in [-0.1, -0.05) is 23.7 Å². The average molecular weight is 458 g/mol. The fourth-order valence-corrected chi connectivity index (χ4v) is 4.41. The summed E-state index contributed by atoms with van der Waals surface area (Å²) in [5.41, 5.74) is 1.79. The van der Waals surface area contributed by atoms with Crippen LogP contribution >= 0.6 is 22.9 Å².